The van der Waals surface area contributed by atoms with Gasteiger partial charge in [0.1, 0.15) is 17.7 Å². The number of hydrogen-bond donors (Lipinski definition) is 2. The van der Waals surface area contributed by atoms with Gasteiger partial charge in [-0.3, -0.25) is 19.2 Å². The number of methoxy groups -OCH3 is 1. The van der Waals surface area contributed by atoms with Crippen molar-refractivity contribution in [3.8, 4) is 0 Å². The summed E-state index contributed by atoms with van der Waals surface area (Å²) in [4.78, 5) is 59.4. The number of aliphatic hydroxyl groups excluding tert-OH is 1. The number of carbonyl (C=O) groups excluding carboxylic acids is 4. The number of amides is 3. The van der Waals surface area contributed by atoms with E-state index >= 15 is 0 Å². The van der Waals surface area contributed by atoms with E-state index in [1.165, 1.54) is 16.9 Å². The summed E-state index contributed by atoms with van der Waals surface area (Å²) < 4.78 is 18.5. The molecule has 3 amide bonds. The Labute approximate surface area is 312 Å². The molecule has 3 fully saturated rings. The second kappa shape index (κ2) is 16.9. The van der Waals surface area contributed by atoms with Crippen LogP contribution in [0.2, 0.25) is 5.02 Å². The summed E-state index contributed by atoms with van der Waals surface area (Å²) >= 11 is 10.4. The highest BCUT2D eigenvalue weighted by Gasteiger charge is 2.77. The molecule has 3 heterocycles. The third kappa shape index (κ3) is 7.52. The van der Waals surface area contributed by atoms with Gasteiger partial charge < -0.3 is 34.4 Å². The van der Waals surface area contributed by atoms with Crippen LogP contribution >= 0.6 is 27.5 Å². The number of allylic oxidation sites excluding steroid dienone is 1. The van der Waals surface area contributed by atoms with E-state index in [1.54, 1.807) is 48.6 Å². The van der Waals surface area contributed by atoms with Crippen LogP contribution in [0.1, 0.15) is 42.9 Å². The first kappa shape index (κ1) is 38.7. The van der Waals surface area contributed by atoms with Crippen molar-refractivity contribution in [3.05, 3.63) is 90.0 Å². The molecule has 3 aliphatic heterocycles. The summed E-state index contributed by atoms with van der Waals surface area (Å²) in [5, 5.41) is 13.1. The molecule has 11 nitrogen and oxygen atoms in total. The average molecular weight is 787 g/mol. The van der Waals surface area contributed by atoms with E-state index in [0.717, 1.165) is 5.56 Å². The van der Waals surface area contributed by atoms with Gasteiger partial charge >= 0.3 is 5.97 Å². The van der Waals surface area contributed by atoms with Crippen LogP contribution in [0.4, 0.5) is 5.69 Å². The minimum absolute atomic E-state index is 0.0384. The number of carbonyl (C=O) groups is 4. The summed E-state index contributed by atoms with van der Waals surface area (Å²) in [6.07, 6.45) is 2.63. The molecule has 0 aromatic heterocycles. The number of aliphatic hydroxyl groups is 1. The van der Waals surface area contributed by atoms with E-state index < -0.39 is 59.5 Å². The maximum atomic E-state index is 14.9. The van der Waals surface area contributed by atoms with Crippen LogP contribution in [-0.4, -0.2) is 95.7 Å². The molecule has 2 aromatic rings. The first-order valence-corrected chi connectivity index (χ1v) is 18.4. The second-order valence-corrected chi connectivity index (χ2v) is 14.7. The lowest BCUT2D eigenvalue weighted by Crippen LogP contribution is -2.57. The molecule has 3 saturated heterocycles. The average Bonchev–Trinajstić information content (AvgIpc) is 3.71. The van der Waals surface area contributed by atoms with Crippen molar-refractivity contribution in [2.75, 3.05) is 38.3 Å². The number of fused-ring (bicyclic) bond motifs is 1. The molecule has 13 heteroatoms. The summed E-state index contributed by atoms with van der Waals surface area (Å²) in [7, 11) is 1.49. The normalized spacial score (nSPS) is 25.9. The first-order valence-electron chi connectivity index (χ1n) is 17.1. The molecule has 2 bridgehead atoms. The number of alkyl halides is 1. The Morgan fingerprint density at radius 1 is 1.20 bits per heavy atom. The van der Waals surface area contributed by atoms with Gasteiger partial charge in [0.2, 0.25) is 11.8 Å². The van der Waals surface area contributed by atoms with Crippen LogP contribution in [-0.2, 0) is 33.4 Å². The summed E-state index contributed by atoms with van der Waals surface area (Å²) in [5.41, 5.74) is 0.482. The maximum Gasteiger partial charge on any atom is 0.313 e. The second-order valence-electron chi connectivity index (χ2n) is 13.1. The van der Waals surface area contributed by atoms with Gasteiger partial charge in [-0.1, -0.05) is 82.1 Å². The van der Waals surface area contributed by atoms with Crippen molar-refractivity contribution in [1.82, 2.24) is 10.2 Å². The van der Waals surface area contributed by atoms with Crippen molar-refractivity contribution >= 4 is 56.9 Å². The smallest absolute Gasteiger partial charge is 0.313 e. The molecular weight excluding hydrogens is 742 g/mol. The Morgan fingerprint density at radius 3 is 2.59 bits per heavy atom. The zero-order valence-corrected chi connectivity index (χ0v) is 31.2. The third-order valence-corrected chi connectivity index (χ3v) is 11.0. The highest BCUT2D eigenvalue weighted by atomic mass is 79.9. The molecule has 8 atom stereocenters. The van der Waals surface area contributed by atoms with Crippen LogP contribution in [0.25, 0.3) is 0 Å². The lowest BCUT2D eigenvalue weighted by molar-refractivity contribution is -0.163. The number of aryl methyl sites for hydroxylation is 1. The number of esters is 1. The fourth-order valence-electron chi connectivity index (χ4n) is 7.82. The van der Waals surface area contributed by atoms with E-state index in [9.17, 15) is 24.3 Å². The number of hydrogen-bond acceptors (Lipinski definition) is 8. The third-order valence-electron chi connectivity index (χ3n) is 9.89. The molecule has 1 spiro atoms. The molecule has 274 valence electrons. The number of halogens is 2. The molecule has 0 radical (unpaired) electrons. The Morgan fingerprint density at radius 2 is 1.94 bits per heavy atom. The monoisotopic (exact) mass is 785 g/mol. The van der Waals surface area contributed by atoms with Crippen molar-refractivity contribution in [2.24, 2.45) is 11.8 Å². The first-order chi connectivity index (χ1) is 24.5. The number of likely N-dealkylation sites (tertiary alicyclic amines) is 1. The van der Waals surface area contributed by atoms with Gasteiger partial charge in [-0.05, 0) is 43.4 Å². The molecule has 5 rings (SSSR count). The number of anilines is 1. The molecular formula is C38H45BrClN3O8. The van der Waals surface area contributed by atoms with Gasteiger partial charge in [0.25, 0.3) is 5.91 Å². The highest BCUT2D eigenvalue weighted by molar-refractivity contribution is 9.09. The van der Waals surface area contributed by atoms with Gasteiger partial charge in [0.05, 0.1) is 41.3 Å². The minimum Gasteiger partial charge on any atom is -0.455 e. The summed E-state index contributed by atoms with van der Waals surface area (Å²) in [6, 6.07) is 12.5. The standard InChI is InChI=1S/C38H45BrClN3O8/c1-5-7-17-28(45)41-27(22-49-4)32(24-14-9-8-10-15-24)50-37(48)29-30-35(46)43(19-12-20-44)34(38(30)21-25(39)33(29)51-38)36(47)42(18-6-2)31-23(3)13-11-16-26(31)40/h5-6,8-11,13-16,25,27,29-30,32-34,44H,1-2,7,12,17-22H2,3-4H3,(H,41,45)/t25?,27-,29+,30-,32-,33+,34+,38-/m1/s1. The van der Waals surface area contributed by atoms with E-state index in [2.05, 4.69) is 34.4 Å². The SMILES string of the molecule is C=CCCC(=O)N[C@H](COC)[C@H](OC(=O)[C@@H]1[C@H]2O[C@@]3(CC2Br)[C@H](C(=O)N(CC=C)c2c(C)cccc2Cl)N(CCCO)C(=O)[C@@H]13)c1ccccc1. The van der Waals surface area contributed by atoms with Gasteiger partial charge in [-0.2, -0.15) is 0 Å². The van der Waals surface area contributed by atoms with Gasteiger partial charge in [-0.25, -0.2) is 0 Å². The topological polar surface area (TPSA) is 135 Å². The van der Waals surface area contributed by atoms with Crippen LogP contribution in [0.3, 0.4) is 0 Å². The number of ether oxygens (including phenoxy) is 3. The molecule has 2 aromatic carbocycles. The largest absolute Gasteiger partial charge is 0.455 e. The molecule has 1 unspecified atom stereocenters. The fourth-order valence-corrected chi connectivity index (χ4v) is 9.08. The predicted molar refractivity (Wildman–Crippen MR) is 196 cm³/mol. The van der Waals surface area contributed by atoms with Crippen molar-refractivity contribution in [1.29, 1.82) is 0 Å². The summed E-state index contributed by atoms with van der Waals surface area (Å²) in [6.45, 7) is 9.38. The van der Waals surface area contributed by atoms with Gasteiger partial charge in [-0.15, -0.1) is 13.2 Å². The molecule has 0 aliphatic carbocycles. The molecule has 2 N–H and O–H groups in total. The van der Waals surface area contributed by atoms with Gasteiger partial charge in [0.15, 0.2) is 0 Å². The zero-order valence-electron chi connectivity index (χ0n) is 28.8. The van der Waals surface area contributed by atoms with E-state index in [0.29, 0.717) is 22.7 Å². The Kier molecular flexibility index (Phi) is 12.8. The van der Waals surface area contributed by atoms with Crippen LogP contribution in [0, 0.1) is 18.8 Å². The Bertz CT molecular complexity index is 1610. The Balaban J connectivity index is 1.53. The van der Waals surface area contributed by atoms with Crippen molar-refractivity contribution in [3.63, 3.8) is 0 Å². The number of rotatable bonds is 17. The quantitative estimate of drug-likeness (QED) is 0.134. The maximum absolute atomic E-state index is 14.9. The van der Waals surface area contributed by atoms with Gasteiger partial charge in [0, 0.05) is 38.1 Å². The van der Waals surface area contributed by atoms with Crippen LogP contribution in [0.15, 0.2) is 73.8 Å². The number of para-hydroxylation sites is 1. The van der Waals surface area contributed by atoms with Crippen molar-refractivity contribution < 1.29 is 38.5 Å². The van der Waals surface area contributed by atoms with E-state index in [1.807, 2.05) is 19.1 Å². The Hall–Kier alpha value is -3.55. The minimum atomic E-state index is -1.38. The zero-order chi connectivity index (χ0) is 36.9. The predicted octanol–water partition coefficient (Wildman–Crippen LogP) is 4.68. The van der Waals surface area contributed by atoms with Crippen LogP contribution < -0.4 is 10.2 Å². The van der Waals surface area contributed by atoms with E-state index in [-0.39, 0.29) is 56.3 Å². The number of nitrogens with zero attached hydrogens (tertiary/aromatic N) is 2. The van der Waals surface area contributed by atoms with Crippen molar-refractivity contribution in [2.45, 2.75) is 67.3 Å². The number of nitrogens with one attached hydrogen (secondary N) is 1. The molecule has 3 aliphatic rings. The van der Waals surface area contributed by atoms with Crippen LogP contribution in [0.5, 0.6) is 0 Å². The molecule has 0 saturated carbocycles. The lowest BCUT2D eigenvalue weighted by atomic mass is 9.70. The lowest BCUT2D eigenvalue weighted by Gasteiger charge is -2.37. The van der Waals surface area contributed by atoms with E-state index in [4.69, 9.17) is 25.8 Å². The summed E-state index contributed by atoms with van der Waals surface area (Å²) in [5.74, 6) is -3.94. The number of benzene rings is 2. The fraction of sp³-hybridized carbons (Fsp3) is 0.474. The highest BCUT2D eigenvalue weighted by Crippen LogP contribution is 2.60. The molecule has 51 heavy (non-hydrogen) atoms.